The molecule has 0 fully saturated rings. The minimum Gasteiger partial charge on any atom is -0.390 e. The molecule has 8 heteroatoms. The number of amides is 1. The third-order valence-electron chi connectivity index (χ3n) is 6.88. The van der Waals surface area contributed by atoms with Crippen LogP contribution in [0.2, 0.25) is 0 Å². The normalized spacial score (nSPS) is 12.7. The van der Waals surface area contributed by atoms with Crippen molar-refractivity contribution in [1.82, 2.24) is 15.5 Å². The summed E-state index contributed by atoms with van der Waals surface area (Å²) in [5.41, 5.74) is 5.00. The molecule has 0 aliphatic carbocycles. The van der Waals surface area contributed by atoms with E-state index in [1.54, 1.807) is 6.07 Å². The van der Waals surface area contributed by atoms with Crippen LogP contribution in [0, 0.1) is 22.1 Å². The Balaban J connectivity index is 1.47. The number of benzene rings is 4. The van der Waals surface area contributed by atoms with E-state index in [0.29, 0.717) is 24.2 Å². The van der Waals surface area contributed by atoms with Gasteiger partial charge >= 0.3 is 0 Å². The molecule has 42 heavy (non-hydrogen) atoms. The van der Waals surface area contributed by atoms with E-state index in [9.17, 15) is 18.7 Å². The smallest absolute Gasteiger partial charge is 0.251 e. The standard InChI is InChI=1S/C34H36F2IN3O2/c1-23-11-27(22-40(2)21-24-7-4-3-5-8-24)13-28(12-23)34(42)39-32(17-26-14-29(35)18-30(36)15-26)33(41)20-38-19-25-9-6-10-31(37)16-25/h3-16,18,32-33,38,41H,17,19-22H2,1-2H3,(H,39,42). The Morgan fingerprint density at radius 2 is 1.55 bits per heavy atom. The molecule has 4 aromatic carbocycles. The average molecular weight is 684 g/mol. The van der Waals surface area contributed by atoms with E-state index in [0.717, 1.165) is 32.9 Å². The van der Waals surface area contributed by atoms with Crippen molar-refractivity contribution in [1.29, 1.82) is 0 Å². The van der Waals surface area contributed by atoms with E-state index >= 15 is 0 Å². The molecule has 1 amide bonds. The van der Waals surface area contributed by atoms with Crippen LogP contribution in [-0.4, -0.2) is 41.7 Å². The summed E-state index contributed by atoms with van der Waals surface area (Å²) >= 11 is 2.24. The van der Waals surface area contributed by atoms with Gasteiger partial charge in [0.05, 0.1) is 12.1 Å². The first-order valence-corrected chi connectivity index (χ1v) is 14.9. The van der Waals surface area contributed by atoms with E-state index in [-0.39, 0.29) is 18.9 Å². The molecule has 3 N–H and O–H groups in total. The topological polar surface area (TPSA) is 64.6 Å². The number of rotatable bonds is 13. The molecule has 0 bridgehead atoms. The van der Waals surface area contributed by atoms with Gasteiger partial charge in [-0.25, -0.2) is 8.78 Å². The van der Waals surface area contributed by atoms with E-state index in [2.05, 4.69) is 56.3 Å². The lowest BCUT2D eigenvalue weighted by molar-refractivity contribution is 0.0829. The second-order valence-corrected chi connectivity index (χ2v) is 12.0. The number of aliphatic hydroxyl groups is 1. The Morgan fingerprint density at radius 1 is 0.857 bits per heavy atom. The maximum Gasteiger partial charge on any atom is 0.251 e. The zero-order chi connectivity index (χ0) is 30.1. The number of nitrogens with zero attached hydrogens (tertiary/aromatic N) is 1. The number of nitrogens with one attached hydrogen (secondary N) is 2. The minimum atomic E-state index is -1.01. The number of carbonyl (C=O) groups is 1. The summed E-state index contributed by atoms with van der Waals surface area (Å²) in [6.45, 7) is 4.06. The Morgan fingerprint density at radius 3 is 2.26 bits per heavy atom. The maximum absolute atomic E-state index is 14.0. The van der Waals surface area contributed by atoms with Gasteiger partial charge in [-0.15, -0.1) is 0 Å². The number of aryl methyl sites for hydroxylation is 1. The molecule has 4 rings (SSSR count). The third-order valence-corrected chi connectivity index (χ3v) is 7.55. The van der Waals surface area contributed by atoms with Crippen molar-refractivity contribution < 1.29 is 18.7 Å². The summed E-state index contributed by atoms with van der Waals surface area (Å²) in [5.74, 6) is -1.77. The predicted octanol–water partition coefficient (Wildman–Crippen LogP) is 6.00. The Kier molecular flexibility index (Phi) is 11.6. The van der Waals surface area contributed by atoms with Gasteiger partial charge in [-0.05, 0) is 102 Å². The van der Waals surface area contributed by atoms with Gasteiger partial charge in [-0.3, -0.25) is 9.69 Å². The number of hydrogen-bond donors (Lipinski definition) is 3. The second kappa shape index (κ2) is 15.3. The summed E-state index contributed by atoms with van der Waals surface area (Å²) in [4.78, 5) is 15.7. The summed E-state index contributed by atoms with van der Waals surface area (Å²) in [6, 6.07) is 26.3. The van der Waals surface area contributed by atoms with Crippen molar-refractivity contribution in [3.63, 3.8) is 0 Å². The second-order valence-electron chi connectivity index (χ2n) is 10.8. The molecule has 0 heterocycles. The molecule has 0 aliphatic heterocycles. The zero-order valence-electron chi connectivity index (χ0n) is 23.8. The van der Waals surface area contributed by atoms with Crippen LogP contribution in [0.4, 0.5) is 8.78 Å². The molecule has 0 aliphatic rings. The van der Waals surface area contributed by atoms with Crippen LogP contribution in [0.5, 0.6) is 0 Å². The fourth-order valence-electron chi connectivity index (χ4n) is 5.02. The highest BCUT2D eigenvalue weighted by molar-refractivity contribution is 14.1. The number of aliphatic hydroxyl groups excluding tert-OH is 1. The van der Waals surface area contributed by atoms with E-state index in [4.69, 9.17) is 0 Å². The molecule has 0 saturated carbocycles. The van der Waals surface area contributed by atoms with E-state index in [1.807, 2.05) is 62.5 Å². The largest absolute Gasteiger partial charge is 0.390 e. The molecule has 4 aromatic rings. The molecule has 2 atom stereocenters. The highest BCUT2D eigenvalue weighted by Crippen LogP contribution is 2.16. The lowest BCUT2D eigenvalue weighted by Gasteiger charge is -2.25. The summed E-state index contributed by atoms with van der Waals surface area (Å²) in [5, 5.41) is 17.3. The first-order chi connectivity index (χ1) is 20.1. The van der Waals surface area contributed by atoms with Crippen LogP contribution in [0.3, 0.4) is 0 Å². The van der Waals surface area contributed by atoms with Crippen molar-refractivity contribution in [2.75, 3.05) is 13.6 Å². The highest BCUT2D eigenvalue weighted by Gasteiger charge is 2.23. The molecule has 2 unspecified atom stereocenters. The lowest BCUT2D eigenvalue weighted by atomic mass is 9.99. The molecule has 0 spiro atoms. The number of hydrogen-bond acceptors (Lipinski definition) is 4. The molecule has 0 radical (unpaired) electrons. The Hall–Kier alpha value is -3.18. The van der Waals surface area contributed by atoms with Crippen LogP contribution >= 0.6 is 22.6 Å². The highest BCUT2D eigenvalue weighted by atomic mass is 127. The van der Waals surface area contributed by atoms with Crippen molar-refractivity contribution in [3.8, 4) is 0 Å². The first-order valence-electron chi connectivity index (χ1n) is 13.9. The minimum absolute atomic E-state index is 0.0605. The van der Waals surface area contributed by atoms with Crippen LogP contribution in [0.15, 0.2) is 91.0 Å². The molecular formula is C34H36F2IN3O2. The fourth-order valence-corrected chi connectivity index (χ4v) is 5.63. The van der Waals surface area contributed by atoms with Gasteiger partial charge in [0.1, 0.15) is 11.6 Å². The van der Waals surface area contributed by atoms with Crippen LogP contribution in [0.25, 0.3) is 0 Å². The Labute approximate surface area is 260 Å². The van der Waals surface area contributed by atoms with Gasteiger partial charge < -0.3 is 15.7 Å². The third kappa shape index (κ3) is 9.97. The van der Waals surface area contributed by atoms with Gasteiger partial charge in [0.2, 0.25) is 0 Å². The molecule has 0 saturated heterocycles. The number of halogens is 3. The van der Waals surface area contributed by atoms with E-state index in [1.165, 1.54) is 17.7 Å². The number of carbonyl (C=O) groups excluding carboxylic acids is 1. The fraction of sp³-hybridized carbons (Fsp3) is 0.265. The van der Waals surface area contributed by atoms with Crippen LogP contribution in [-0.2, 0) is 26.1 Å². The lowest BCUT2D eigenvalue weighted by Crippen LogP contribution is -2.48. The maximum atomic E-state index is 14.0. The molecular weight excluding hydrogens is 647 g/mol. The van der Waals surface area contributed by atoms with Crippen LogP contribution in [0.1, 0.15) is 38.2 Å². The van der Waals surface area contributed by atoms with Gasteiger partial charge in [0.25, 0.3) is 5.91 Å². The van der Waals surface area contributed by atoms with Crippen molar-refractivity contribution >= 4 is 28.5 Å². The van der Waals surface area contributed by atoms with Gasteiger partial charge in [0.15, 0.2) is 0 Å². The van der Waals surface area contributed by atoms with Crippen LogP contribution < -0.4 is 10.6 Å². The van der Waals surface area contributed by atoms with Crippen molar-refractivity contribution in [2.24, 2.45) is 0 Å². The van der Waals surface area contributed by atoms with Gasteiger partial charge in [-0.2, -0.15) is 0 Å². The summed E-state index contributed by atoms with van der Waals surface area (Å²) in [6.07, 6.45) is -0.949. The molecule has 220 valence electrons. The van der Waals surface area contributed by atoms with Gasteiger partial charge in [-0.1, -0.05) is 54.1 Å². The quantitative estimate of drug-likeness (QED) is 0.151. The molecule has 5 nitrogen and oxygen atoms in total. The summed E-state index contributed by atoms with van der Waals surface area (Å²) < 4.78 is 29.0. The monoisotopic (exact) mass is 683 g/mol. The van der Waals surface area contributed by atoms with Crippen molar-refractivity contribution in [2.45, 2.75) is 45.1 Å². The predicted molar refractivity (Wildman–Crippen MR) is 171 cm³/mol. The van der Waals surface area contributed by atoms with E-state index < -0.39 is 23.8 Å². The zero-order valence-corrected chi connectivity index (χ0v) is 25.9. The average Bonchev–Trinajstić information content (AvgIpc) is 2.92. The molecule has 0 aromatic heterocycles. The summed E-state index contributed by atoms with van der Waals surface area (Å²) in [7, 11) is 2.03. The first kappa shape index (κ1) is 31.7. The van der Waals surface area contributed by atoms with Crippen molar-refractivity contribution in [3.05, 3.63) is 140 Å². The SMILES string of the molecule is Cc1cc(CN(C)Cc2ccccc2)cc(C(=O)NC(Cc2cc(F)cc(F)c2)C(O)CNCc2cccc(I)c2)c1. The Bertz CT molecular complexity index is 1460. The van der Waals surface area contributed by atoms with Gasteiger partial charge in [0, 0.05) is 41.4 Å².